The zero-order valence-electron chi connectivity index (χ0n) is 12.7. The highest BCUT2D eigenvalue weighted by Crippen LogP contribution is 2.35. The molecule has 7 heteroatoms. The van der Waals surface area contributed by atoms with Crippen molar-refractivity contribution in [2.45, 2.75) is 38.7 Å². The van der Waals surface area contributed by atoms with E-state index in [0.29, 0.717) is 0 Å². The molecule has 2 N–H and O–H groups in total. The Balaban J connectivity index is 3.13. The van der Waals surface area contributed by atoms with E-state index in [2.05, 4.69) is 0 Å². The van der Waals surface area contributed by atoms with E-state index in [9.17, 15) is 18.4 Å². The molecular weight excluding hydrogens is 296 g/mol. The molecule has 1 rings (SSSR count). The molecule has 1 unspecified atom stereocenters. The normalized spacial score (nSPS) is 14.0. The number of carboxylic acid groups (broad SMARTS) is 1. The van der Waals surface area contributed by atoms with Crippen molar-refractivity contribution >= 4 is 11.9 Å². The van der Waals surface area contributed by atoms with Crippen molar-refractivity contribution in [2.24, 2.45) is 0 Å². The highest BCUT2D eigenvalue weighted by molar-refractivity contribution is 5.91. The van der Waals surface area contributed by atoms with Gasteiger partial charge in [-0.3, -0.25) is 4.79 Å². The predicted molar refractivity (Wildman–Crippen MR) is 76.0 cm³/mol. The lowest BCUT2D eigenvalue weighted by atomic mass is 9.97. The van der Waals surface area contributed by atoms with Crippen LogP contribution < -0.4 is 10.1 Å². The van der Waals surface area contributed by atoms with Gasteiger partial charge < -0.3 is 15.2 Å². The summed E-state index contributed by atoms with van der Waals surface area (Å²) in [5.41, 5.74) is -2.36. The van der Waals surface area contributed by atoms with Crippen LogP contribution in [0.25, 0.3) is 0 Å². The van der Waals surface area contributed by atoms with E-state index in [4.69, 9.17) is 9.84 Å². The molecule has 0 fully saturated rings. The summed E-state index contributed by atoms with van der Waals surface area (Å²) in [5.74, 6) is -7.07. The third-order valence-electron chi connectivity index (χ3n) is 3.38. The first-order chi connectivity index (χ1) is 10.2. The molecule has 0 aliphatic heterocycles. The zero-order chi connectivity index (χ0) is 17.0. The monoisotopic (exact) mass is 315 g/mol. The van der Waals surface area contributed by atoms with Crippen molar-refractivity contribution in [3.05, 3.63) is 29.8 Å². The van der Waals surface area contributed by atoms with E-state index < -0.39 is 28.9 Å². The van der Waals surface area contributed by atoms with Gasteiger partial charge in [0.15, 0.2) is 0 Å². The number of nitrogens with one attached hydrogen (secondary N) is 1. The molecule has 0 heterocycles. The van der Waals surface area contributed by atoms with Crippen LogP contribution in [0, 0.1) is 0 Å². The fourth-order valence-electron chi connectivity index (χ4n) is 1.75. The van der Waals surface area contributed by atoms with Gasteiger partial charge in [-0.1, -0.05) is 19.1 Å². The van der Waals surface area contributed by atoms with Crippen LogP contribution in [0.5, 0.6) is 5.75 Å². The largest absolute Gasteiger partial charge is 0.493 e. The molecule has 0 saturated carbocycles. The van der Waals surface area contributed by atoms with Gasteiger partial charge in [-0.2, -0.15) is 8.78 Å². The minimum Gasteiger partial charge on any atom is -0.493 e. The number of para-hydroxylation sites is 1. The van der Waals surface area contributed by atoms with Crippen LogP contribution in [0.4, 0.5) is 8.78 Å². The zero-order valence-corrected chi connectivity index (χ0v) is 12.7. The van der Waals surface area contributed by atoms with Gasteiger partial charge in [0.1, 0.15) is 11.3 Å². The van der Waals surface area contributed by atoms with Gasteiger partial charge >= 0.3 is 11.9 Å². The van der Waals surface area contributed by atoms with E-state index in [1.54, 1.807) is 6.92 Å². The Kier molecular flexibility index (Phi) is 5.46. The Hall–Kier alpha value is -2.18. The van der Waals surface area contributed by atoms with Gasteiger partial charge in [0.25, 0.3) is 5.91 Å². The predicted octanol–water partition coefficient (Wildman–Crippen LogP) is 2.55. The number of ether oxygens (including phenoxy) is 1. The molecule has 0 aliphatic rings. The van der Waals surface area contributed by atoms with E-state index >= 15 is 0 Å². The molecule has 1 amide bonds. The van der Waals surface area contributed by atoms with Gasteiger partial charge in [0.05, 0.1) is 12.2 Å². The minimum absolute atomic E-state index is 0.0305. The van der Waals surface area contributed by atoms with Crippen LogP contribution in [-0.4, -0.2) is 29.1 Å². The number of carboxylic acids is 1. The molecule has 1 atom stereocenters. The molecule has 22 heavy (non-hydrogen) atoms. The number of carbonyl (C=O) groups is 2. The molecule has 0 saturated heterocycles. The molecule has 0 bridgehead atoms. The second-order valence-corrected chi connectivity index (χ2v) is 4.95. The lowest BCUT2D eigenvalue weighted by Crippen LogP contribution is -2.55. The average Bonchev–Trinajstić information content (AvgIpc) is 2.47. The van der Waals surface area contributed by atoms with Crippen molar-refractivity contribution < 1.29 is 28.2 Å². The maximum atomic E-state index is 14.4. The molecule has 5 nitrogen and oxygen atoms in total. The first kappa shape index (κ1) is 17.9. The van der Waals surface area contributed by atoms with Gasteiger partial charge in [-0.15, -0.1) is 0 Å². The van der Waals surface area contributed by atoms with Crippen LogP contribution in [0.15, 0.2) is 24.3 Å². The average molecular weight is 315 g/mol. The number of amides is 1. The maximum Gasteiger partial charge on any atom is 0.353 e. The molecule has 122 valence electrons. The molecule has 0 spiro atoms. The second kappa shape index (κ2) is 6.72. The number of alkyl halides is 2. The van der Waals surface area contributed by atoms with E-state index in [0.717, 1.165) is 6.07 Å². The van der Waals surface area contributed by atoms with Crippen LogP contribution in [-0.2, 0) is 15.5 Å². The van der Waals surface area contributed by atoms with Gasteiger partial charge in [0.2, 0.25) is 0 Å². The van der Waals surface area contributed by atoms with Gasteiger partial charge in [-0.05, 0) is 32.4 Å². The highest BCUT2D eigenvalue weighted by atomic mass is 19.3. The molecular formula is C15H19F2NO4. The van der Waals surface area contributed by atoms with Crippen molar-refractivity contribution in [1.29, 1.82) is 0 Å². The fraction of sp³-hybridized carbons (Fsp3) is 0.467. The standard InChI is InChI=1S/C15H19F2NO4/c1-4-14(3,13(20)21)18-12(19)15(16,17)10-8-6-7-9-11(10)22-5-2/h6-9H,4-5H2,1-3H3,(H,18,19)(H,20,21). The molecule has 0 aliphatic carbocycles. The van der Waals surface area contributed by atoms with E-state index in [-0.39, 0.29) is 18.8 Å². The summed E-state index contributed by atoms with van der Waals surface area (Å²) in [6.07, 6.45) is -0.0305. The highest BCUT2D eigenvalue weighted by Gasteiger charge is 2.47. The van der Waals surface area contributed by atoms with Crippen molar-refractivity contribution in [1.82, 2.24) is 5.32 Å². The maximum absolute atomic E-state index is 14.4. The number of hydrogen-bond acceptors (Lipinski definition) is 3. The fourth-order valence-corrected chi connectivity index (χ4v) is 1.75. The van der Waals surface area contributed by atoms with E-state index in [1.807, 2.05) is 5.32 Å². The number of halogens is 2. The Labute approximate surface area is 127 Å². The lowest BCUT2D eigenvalue weighted by molar-refractivity contribution is -0.156. The van der Waals surface area contributed by atoms with Crippen LogP contribution in [0.2, 0.25) is 0 Å². The third-order valence-corrected chi connectivity index (χ3v) is 3.38. The summed E-state index contributed by atoms with van der Waals surface area (Å²) < 4.78 is 33.9. The van der Waals surface area contributed by atoms with Crippen LogP contribution in [0.1, 0.15) is 32.8 Å². The van der Waals surface area contributed by atoms with Gasteiger partial charge in [-0.25, -0.2) is 4.79 Å². The SMILES string of the molecule is CCOc1ccccc1C(F)(F)C(=O)NC(C)(CC)C(=O)O. The van der Waals surface area contributed by atoms with Gasteiger partial charge in [0, 0.05) is 0 Å². The Morgan fingerprint density at radius 2 is 1.86 bits per heavy atom. The first-order valence-corrected chi connectivity index (χ1v) is 6.85. The number of carbonyl (C=O) groups excluding carboxylic acids is 1. The second-order valence-electron chi connectivity index (χ2n) is 4.95. The first-order valence-electron chi connectivity index (χ1n) is 6.85. The number of aliphatic carboxylic acids is 1. The molecule has 0 aromatic heterocycles. The number of rotatable bonds is 7. The quantitative estimate of drug-likeness (QED) is 0.811. The summed E-state index contributed by atoms with van der Waals surface area (Å²) in [7, 11) is 0. The van der Waals surface area contributed by atoms with E-state index in [1.165, 1.54) is 32.0 Å². The number of benzene rings is 1. The summed E-state index contributed by atoms with van der Waals surface area (Å²) in [4.78, 5) is 23.1. The molecule has 0 radical (unpaired) electrons. The smallest absolute Gasteiger partial charge is 0.353 e. The summed E-state index contributed by atoms with van der Waals surface area (Å²) in [6, 6.07) is 5.27. The lowest BCUT2D eigenvalue weighted by Gasteiger charge is -2.27. The minimum atomic E-state index is -3.91. The number of hydrogen-bond donors (Lipinski definition) is 2. The third kappa shape index (κ3) is 3.52. The summed E-state index contributed by atoms with van der Waals surface area (Å²) in [5, 5.41) is 11.0. The Morgan fingerprint density at radius 3 is 2.36 bits per heavy atom. The van der Waals surface area contributed by atoms with Crippen LogP contribution >= 0.6 is 0 Å². The van der Waals surface area contributed by atoms with Crippen molar-refractivity contribution in [3.63, 3.8) is 0 Å². The molecule has 1 aromatic rings. The molecule has 1 aromatic carbocycles. The Morgan fingerprint density at radius 1 is 1.27 bits per heavy atom. The van der Waals surface area contributed by atoms with Crippen LogP contribution in [0.3, 0.4) is 0 Å². The topological polar surface area (TPSA) is 75.6 Å². The summed E-state index contributed by atoms with van der Waals surface area (Å²) >= 11 is 0. The summed E-state index contributed by atoms with van der Waals surface area (Å²) in [6.45, 7) is 4.46. The van der Waals surface area contributed by atoms with Crippen molar-refractivity contribution in [3.8, 4) is 5.75 Å². The van der Waals surface area contributed by atoms with Crippen molar-refractivity contribution in [2.75, 3.05) is 6.61 Å². The Bertz CT molecular complexity index is 562.